The zero-order valence-corrected chi connectivity index (χ0v) is 19.5. The van der Waals surface area contributed by atoms with Crippen LogP contribution in [0.1, 0.15) is 5.56 Å². The Balaban J connectivity index is 1.40. The summed E-state index contributed by atoms with van der Waals surface area (Å²) in [6.07, 6.45) is 1.72. The molecule has 9 nitrogen and oxygen atoms in total. The molecule has 0 radical (unpaired) electrons. The van der Waals surface area contributed by atoms with Gasteiger partial charge in [-0.3, -0.25) is 4.98 Å². The number of nitriles is 1. The zero-order chi connectivity index (χ0) is 23.5. The van der Waals surface area contributed by atoms with Gasteiger partial charge >= 0.3 is 0 Å². The average molecular weight is 479 g/mol. The van der Waals surface area contributed by atoms with Gasteiger partial charge in [-0.25, -0.2) is 8.42 Å². The van der Waals surface area contributed by atoms with Gasteiger partial charge in [0.1, 0.15) is 11.9 Å². The molecule has 0 unspecified atom stereocenters. The number of sulfonamides is 1. The van der Waals surface area contributed by atoms with Crippen molar-refractivity contribution >= 4 is 15.8 Å². The van der Waals surface area contributed by atoms with Crippen LogP contribution >= 0.6 is 0 Å². The number of hydrogen-bond acceptors (Lipinski definition) is 7. The molecule has 10 heteroatoms. The number of pyridine rings is 1. The van der Waals surface area contributed by atoms with Crippen molar-refractivity contribution in [2.24, 2.45) is 0 Å². The molecule has 2 aromatic heterocycles. The number of ether oxygens (including phenoxy) is 1. The lowest BCUT2D eigenvalue weighted by Crippen LogP contribution is -2.44. The SMILES string of the molecule is N#Cc1cc(-c2ccnc(-c3ccc(S(=O)(=O)N4CCOCC4)cc3)c2)[nH]c1N1CCNCC1. The Hall–Kier alpha value is -3.23. The summed E-state index contributed by atoms with van der Waals surface area (Å²) in [5.41, 5.74) is 3.92. The maximum Gasteiger partial charge on any atom is 0.243 e. The molecule has 0 amide bonds. The van der Waals surface area contributed by atoms with Crippen molar-refractivity contribution in [3.63, 3.8) is 0 Å². The Bertz CT molecular complexity index is 1300. The lowest BCUT2D eigenvalue weighted by Gasteiger charge is -2.28. The van der Waals surface area contributed by atoms with E-state index in [1.165, 1.54) is 4.31 Å². The lowest BCUT2D eigenvalue weighted by molar-refractivity contribution is 0.0730. The summed E-state index contributed by atoms with van der Waals surface area (Å²) in [7, 11) is -3.54. The molecule has 2 fully saturated rings. The molecule has 176 valence electrons. The van der Waals surface area contributed by atoms with E-state index in [0.717, 1.165) is 54.5 Å². The predicted molar refractivity (Wildman–Crippen MR) is 129 cm³/mol. The van der Waals surface area contributed by atoms with Crippen molar-refractivity contribution in [1.29, 1.82) is 5.26 Å². The molecule has 1 aromatic carbocycles. The molecule has 2 aliphatic rings. The highest BCUT2D eigenvalue weighted by Gasteiger charge is 2.26. The summed E-state index contributed by atoms with van der Waals surface area (Å²) in [6.45, 7) is 5.01. The van der Waals surface area contributed by atoms with E-state index in [9.17, 15) is 13.7 Å². The zero-order valence-electron chi connectivity index (χ0n) is 18.7. The van der Waals surface area contributed by atoms with Gasteiger partial charge in [0.2, 0.25) is 10.0 Å². The van der Waals surface area contributed by atoms with Crippen LogP contribution in [-0.4, -0.2) is 75.2 Å². The molecule has 2 N–H and O–H groups in total. The number of benzene rings is 1. The van der Waals surface area contributed by atoms with Crippen LogP contribution in [0.25, 0.3) is 22.5 Å². The second-order valence-electron chi connectivity index (χ2n) is 8.26. The van der Waals surface area contributed by atoms with Crippen LogP contribution in [0.5, 0.6) is 0 Å². The summed E-state index contributed by atoms with van der Waals surface area (Å²) in [5.74, 6) is 0.843. The smallest absolute Gasteiger partial charge is 0.243 e. The number of rotatable bonds is 5. The van der Waals surface area contributed by atoms with Gasteiger partial charge in [-0.2, -0.15) is 9.57 Å². The van der Waals surface area contributed by atoms with Crippen molar-refractivity contribution in [3.05, 3.63) is 54.2 Å². The monoisotopic (exact) mass is 478 g/mol. The highest BCUT2D eigenvalue weighted by molar-refractivity contribution is 7.89. The minimum absolute atomic E-state index is 0.262. The van der Waals surface area contributed by atoms with Crippen molar-refractivity contribution < 1.29 is 13.2 Å². The third-order valence-corrected chi connectivity index (χ3v) is 8.09. The normalized spacial score (nSPS) is 17.4. The number of aromatic nitrogens is 2. The summed E-state index contributed by atoms with van der Waals surface area (Å²) in [4.78, 5) is 10.3. The van der Waals surface area contributed by atoms with Gasteiger partial charge in [-0.1, -0.05) is 12.1 Å². The standard InChI is InChI=1S/C24H26N6O3S/c25-17-20-16-23(28-24(20)29-9-7-26-8-10-29)19-5-6-27-22(15-19)18-1-3-21(4-2-18)34(31,32)30-11-13-33-14-12-30/h1-6,15-16,26,28H,7-14H2. The van der Waals surface area contributed by atoms with Crippen molar-refractivity contribution in [3.8, 4) is 28.6 Å². The van der Waals surface area contributed by atoms with E-state index in [4.69, 9.17) is 4.74 Å². The number of piperazine rings is 1. The minimum Gasteiger partial charge on any atom is -0.379 e. The molecule has 4 heterocycles. The van der Waals surface area contributed by atoms with Gasteiger partial charge in [0.25, 0.3) is 0 Å². The van der Waals surface area contributed by atoms with Crippen LogP contribution in [0, 0.1) is 11.3 Å². The summed E-state index contributed by atoms with van der Waals surface area (Å²) >= 11 is 0. The van der Waals surface area contributed by atoms with Gasteiger partial charge in [0.15, 0.2) is 0 Å². The topological polar surface area (TPSA) is 114 Å². The maximum atomic E-state index is 12.9. The fourth-order valence-electron chi connectivity index (χ4n) is 4.31. The van der Waals surface area contributed by atoms with Crippen LogP contribution in [-0.2, 0) is 14.8 Å². The number of hydrogen-bond donors (Lipinski definition) is 2. The van der Waals surface area contributed by atoms with Crippen molar-refractivity contribution in [1.82, 2.24) is 19.6 Å². The molecule has 0 saturated carbocycles. The molecule has 0 atom stereocenters. The fourth-order valence-corrected chi connectivity index (χ4v) is 5.72. The molecule has 0 aliphatic carbocycles. The first-order valence-corrected chi connectivity index (χ1v) is 12.7. The number of aromatic amines is 1. The number of anilines is 1. The molecule has 5 rings (SSSR count). The van der Waals surface area contributed by atoms with Gasteiger partial charge in [-0.05, 0) is 30.3 Å². The largest absolute Gasteiger partial charge is 0.379 e. The molecule has 34 heavy (non-hydrogen) atoms. The maximum absolute atomic E-state index is 12.9. The van der Waals surface area contributed by atoms with Crippen molar-refractivity contribution in [2.75, 3.05) is 57.4 Å². The molecular formula is C24H26N6O3S. The molecule has 0 bridgehead atoms. The second kappa shape index (κ2) is 9.56. The van der Waals surface area contributed by atoms with Gasteiger partial charge in [0.05, 0.1) is 29.4 Å². The number of morpholine rings is 1. The number of nitrogens with one attached hydrogen (secondary N) is 2. The Labute approximate surface area is 199 Å². The van der Waals surface area contributed by atoms with Crippen LogP contribution in [0.2, 0.25) is 0 Å². The van der Waals surface area contributed by atoms with E-state index in [1.807, 2.05) is 18.2 Å². The van der Waals surface area contributed by atoms with E-state index in [1.54, 1.807) is 30.5 Å². The third kappa shape index (κ3) is 4.43. The lowest BCUT2D eigenvalue weighted by atomic mass is 10.1. The first-order valence-electron chi connectivity index (χ1n) is 11.3. The number of H-pyrrole nitrogens is 1. The molecule has 2 aliphatic heterocycles. The first kappa shape index (κ1) is 22.6. The highest BCUT2D eigenvalue weighted by atomic mass is 32.2. The van der Waals surface area contributed by atoms with E-state index >= 15 is 0 Å². The van der Waals surface area contributed by atoms with Crippen LogP contribution in [0.15, 0.2) is 53.6 Å². The quantitative estimate of drug-likeness (QED) is 0.577. The van der Waals surface area contributed by atoms with E-state index in [0.29, 0.717) is 31.9 Å². The van der Waals surface area contributed by atoms with Gasteiger partial charge in [-0.15, -0.1) is 0 Å². The Morgan fingerprint density at radius 3 is 2.41 bits per heavy atom. The van der Waals surface area contributed by atoms with Crippen LogP contribution in [0.3, 0.4) is 0 Å². The summed E-state index contributed by atoms with van der Waals surface area (Å²) < 4.78 is 32.5. The van der Waals surface area contributed by atoms with E-state index < -0.39 is 10.0 Å². The fraction of sp³-hybridized carbons (Fsp3) is 0.333. The minimum atomic E-state index is -3.54. The van der Waals surface area contributed by atoms with E-state index in [2.05, 4.69) is 26.3 Å². The van der Waals surface area contributed by atoms with Gasteiger partial charge in [0, 0.05) is 62.3 Å². The molecular weight excluding hydrogens is 452 g/mol. The summed E-state index contributed by atoms with van der Waals surface area (Å²) in [5, 5.41) is 13.0. The number of nitrogens with zero attached hydrogens (tertiary/aromatic N) is 4. The second-order valence-corrected chi connectivity index (χ2v) is 10.2. The van der Waals surface area contributed by atoms with Crippen LogP contribution in [0.4, 0.5) is 5.82 Å². The molecule has 2 saturated heterocycles. The van der Waals surface area contributed by atoms with Crippen LogP contribution < -0.4 is 10.2 Å². The van der Waals surface area contributed by atoms with E-state index in [-0.39, 0.29) is 4.90 Å². The Morgan fingerprint density at radius 2 is 1.71 bits per heavy atom. The predicted octanol–water partition coefficient (Wildman–Crippen LogP) is 2.05. The summed E-state index contributed by atoms with van der Waals surface area (Å²) in [6, 6.07) is 14.8. The highest BCUT2D eigenvalue weighted by Crippen LogP contribution is 2.30. The third-order valence-electron chi connectivity index (χ3n) is 6.18. The molecule has 0 spiro atoms. The Morgan fingerprint density at radius 1 is 0.971 bits per heavy atom. The van der Waals surface area contributed by atoms with Crippen molar-refractivity contribution in [2.45, 2.75) is 4.90 Å². The van der Waals surface area contributed by atoms with Gasteiger partial charge < -0.3 is 19.9 Å². The molecule has 3 aromatic rings. The average Bonchev–Trinajstić information content (AvgIpc) is 3.35. The first-order chi connectivity index (χ1) is 16.6. The Kier molecular flexibility index (Phi) is 6.34.